The number of nitrogens with zero attached hydrogens (tertiary/aromatic N) is 3. The van der Waals surface area contributed by atoms with Crippen molar-refractivity contribution in [2.24, 2.45) is 0 Å². The van der Waals surface area contributed by atoms with Gasteiger partial charge in [0.05, 0.1) is 11.7 Å². The molecule has 0 aliphatic heterocycles. The zero-order valence-corrected chi connectivity index (χ0v) is 9.42. The highest BCUT2D eigenvalue weighted by Crippen LogP contribution is 2.17. The third-order valence-corrected chi connectivity index (χ3v) is 2.80. The van der Waals surface area contributed by atoms with Crippen LogP contribution in [0.15, 0.2) is 24.5 Å². The number of aromatic nitrogens is 3. The van der Waals surface area contributed by atoms with E-state index in [1.54, 1.807) is 12.4 Å². The molecule has 0 radical (unpaired) electrons. The summed E-state index contributed by atoms with van der Waals surface area (Å²) in [5.74, 6) is 0.663. The van der Waals surface area contributed by atoms with Gasteiger partial charge in [-0.05, 0) is 24.1 Å². The highest BCUT2D eigenvalue weighted by molar-refractivity contribution is 6.99. The van der Waals surface area contributed by atoms with Crippen molar-refractivity contribution in [3.8, 4) is 0 Å². The topological polar surface area (TPSA) is 50.7 Å². The van der Waals surface area contributed by atoms with E-state index in [1.165, 1.54) is 5.56 Å². The molecule has 0 atom stereocenters. The molecule has 6 heteroatoms. The number of rotatable bonds is 4. The third-order valence-electron chi connectivity index (χ3n) is 1.90. The largest absolute Gasteiger partial charge is 0.366 e. The molecule has 0 spiro atoms. The molecule has 0 bridgehead atoms. The zero-order valence-electron chi connectivity index (χ0n) is 7.85. The Labute approximate surface area is 96.7 Å². The standard InChI is InChI=1S/C9H9ClN4S/c10-8-9(14-15-13-8)12-6-3-7-1-4-11-5-2-7/h1-2,4-5H,3,6H2,(H,12,14). The van der Waals surface area contributed by atoms with Crippen molar-refractivity contribution in [1.29, 1.82) is 0 Å². The van der Waals surface area contributed by atoms with Gasteiger partial charge >= 0.3 is 0 Å². The van der Waals surface area contributed by atoms with Gasteiger partial charge in [-0.1, -0.05) is 11.6 Å². The van der Waals surface area contributed by atoms with Crippen LogP contribution in [-0.2, 0) is 6.42 Å². The van der Waals surface area contributed by atoms with Crippen LogP contribution < -0.4 is 5.32 Å². The fraction of sp³-hybridized carbons (Fsp3) is 0.222. The van der Waals surface area contributed by atoms with Gasteiger partial charge in [-0.15, -0.1) is 0 Å². The Balaban J connectivity index is 1.83. The predicted molar refractivity (Wildman–Crippen MR) is 61.3 cm³/mol. The lowest BCUT2D eigenvalue weighted by Crippen LogP contribution is -2.05. The van der Waals surface area contributed by atoms with Crippen LogP contribution in [-0.4, -0.2) is 20.3 Å². The van der Waals surface area contributed by atoms with Gasteiger partial charge in [-0.25, -0.2) is 0 Å². The maximum absolute atomic E-state index is 5.79. The highest BCUT2D eigenvalue weighted by atomic mass is 35.5. The summed E-state index contributed by atoms with van der Waals surface area (Å²) in [6.45, 7) is 0.787. The van der Waals surface area contributed by atoms with Crippen molar-refractivity contribution in [3.05, 3.63) is 35.2 Å². The lowest BCUT2D eigenvalue weighted by molar-refractivity contribution is 1.01. The SMILES string of the molecule is Clc1nsnc1NCCc1ccncc1. The number of hydrogen-bond acceptors (Lipinski definition) is 5. The van der Waals surface area contributed by atoms with Crippen molar-refractivity contribution in [2.75, 3.05) is 11.9 Å². The van der Waals surface area contributed by atoms with E-state index in [0.717, 1.165) is 24.7 Å². The van der Waals surface area contributed by atoms with E-state index in [9.17, 15) is 0 Å². The van der Waals surface area contributed by atoms with E-state index in [4.69, 9.17) is 11.6 Å². The van der Waals surface area contributed by atoms with Crippen LogP contribution in [0.1, 0.15) is 5.56 Å². The van der Waals surface area contributed by atoms with Gasteiger partial charge in [-0.3, -0.25) is 4.98 Å². The maximum Gasteiger partial charge on any atom is 0.186 e. The molecule has 15 heavy (non-hydrogen) atoms. The first-order valence-electron chi connectivity index (χ1n) is 4.47. The number of nitrogens with one attached hydrogen (secondary N) is 1. The number of halogens is 1. The molecular formula is C9H9ClN4S. The number of hydrogen-bond donors (Lipinski definition) is 1. The second kappa shape index (κ2) is 5.04. The minimum absolute atomic E-state index is 0.440. The molecule has 2 heterocycles. The molecule has 1 N–H and O–H groups in total. The Morgan fingerprint density at radius 3 is 2.73 bits per heavy atom. The fourth-order valence-corrected chi connectivity index (χ4v) is 1.84. The van der Waals surface area contributed by atoms with Gasteiger partial charge in [0.1, 0.15) is 0 Å². The summed E-state index contributed by atoms with van der Waals surface area (Å²) in [6, 6.07) is 3.98. The Kier molecular flexibility index (Phi) is 3.47. The first kappa shape index (κ1) is 10.3. The summed E-state index contributed by atoms with van der Waals surface area (Å²) < 4.78 is 7.89. The molecule has 0 amide bonds. The predicted octanol–water partition coefficient (Wildman–Crippen LogP) is 2.24. The molecule has 4 nitrogen and oxygen atoms in total. The van der Waals surface area contributed by atoms with Crippen LogP contribution in [0.2, 0.25) is 5.15 Å². The zero-order chi connectivity index (χ0) is 10.5. The molecule has 0 aromatic carbocycles. The molecule has 2 aromatic heterocycles. The van der Waals surface area contributed by atoms with E-state index in [0.29, 0.717) is 11.0 Å². The summed E-state index contributed by atoms with van der Waals surface area (Å²) in [7, 11) is 0. The third kappa shape index (κ3) is 2.87. The van der Waals surface area contributed by atoms with Crippen LogP contribution >= 0.6 is 23.3 Å². The fourth-order valence-electron chi connectivity index (χ4n) is 1.16. The summed E-state index contributed by atoms with van der Waals surface area (Å²) in [5.41, 5.74) is 1.23. The highest BCUT2D eigenvalue weighted by Gasteiger charge is 2.03. The van der Waals surface area contributed by atoms with Crippen LogP contribution in [0.4, 0.5) is 5.82 Å². The summed E-state index contributed by atoms with van der Waals surface area (Å²) in [6.07, 6.45) is 4.48. The van der Waals surface area contributed by atoms with Crippen molar-refractivity contribution >= 4 is 29.1 Å². The minimum Gasteiger partial charge on any atom is -0.366 e. The lowest BCUT2D eigenvalue weighted by atomic mass is 10.2. The molecule has 0 fully saturated rings. The minimum atomic E-state index is 0.440. The van der Waals surface area contributed by atoms with Crippen molar-refractivity contribution in [1.82, 2.24) is 13.7 Å². The maximum atomic E-state index is 5.79. The van der Waals surface area contributed by atoms with E-state index in [-0.39, 0.29) is 0 Å². The number of anilines is 1. The van der Waals surface area contributed by atoms with Gasteiger partial charge < -0.3 is 5.32 Å². The van der Waals surface area contributed by atoms with Crippen molar-refractivity contribution in [2.45, 2.75) is 6.42 Å². The van der Waals surface area contributed by atoms with Crippen LogP contribution in [0, 0.1) is 0 Å². The molecule has 0 saturated heterocycles. The smallest absolute Gasteiger partial charge is 0.186 e. The number of pyridine rings is 1. The monoisotopic (exact) mass is 240 g/mol. The van der Waals surface area contributed by atoms with Gasteiger partial charge in [-0.2, -0.15) is 8.75 Å². The molecule has 78 valence electrons. The first-order chi connectivity index (χ1) is 7.36. The van der Waals surface area contributed by atoms with E-state index in [2.05, 4.69) is 19.0 Å². The Hall–Kier alpha value is -1.20. The molecule has 0 aliphatic rings. The first-order valence-corrected chi connectivity index (χ1v) is 5.58. The van der Waals surface area contributed by atoms with E-state index in [1.807, 2.05) is 12.1 Å². The summed E-state index contributed by atoms with van der Waals surface area (Å²) in [4.78, 5) is 3.96. The summed E-state index contributed by atoms with van der Waals surface area (Å²) in [5, 5.41) is 3.57. The molecule has 0 saturated carbocycles. The van der Waals surface area contributed by atoms with E-state index < -0.39 is 0 Å². The summed E-state index contributed by atoms with van der Waals surface area (Å²) >= 11 is 6.89. The van der Waals surface area contributed by atoms with Crippen molar-refractivity contribution in [3.63, 3.8) is 0 Å². The van der Waals surface area contributed by atoms with Crippen LogP contribution in [0.25, 0.3) is 0 Å². The average molecular weight is 241 g/mol. The average Bonchev–Trinajstić information content (AvgIpc) is 2.66. The van der Waals surface area contributed by atoms with E-state index >= 15 is 0 Å². The van der Waals surface area contributed by atoms with Crippen LogP contribution in [0.3, 0.4) is 0 Å². The lowest BCUT2D eigenvalue weighted by Gasteiger charge is -2.02. The quantitative estimate of drug-likeness (QED) is 0.891. The van der Waals surface area contributed by atoms with Crippen molar-refractivity contribution < 1.29 is 0 Å². The van der Waals surface area contributed by atoms with Gasteiger partial charge in [0, 0.05) is 18.9 Å². The molecule has 0 aliphatic carbocycles. The Morgan fingerprint density at radius 1 is 1.27 bits per heavy atom. The molecule has 0 unspecified atom stereocenters. The van der Waals surface area contributed by atoms with Gasteiger partial charge in [0.15, 0.2) is 11.0 Å². The van der Waals surface area contributed by atoms with Gasteiger partial charge in [0.25, 0.3) is 0 Å². The van der Waals surface area contributed by atoms with Gasteiger partial charge in [0.2, 0.25) is 0 Å². The normalized spacial score (nSPS) is 10.2. The molecule has 2 rings (SSSR count). The second-order valence-electron chi connectivity index (χ2n) is 2.94. The molecular weight excluding hydrogens is 232 g/mol. The Bertz CT molecular complexity index is 417. The second-order valence-corrected chi connectivity index (χ2v) is 3.82. The Morgan fingerprint density at radius 2 is 2.07 bits per heavy atom. The van der Waals surface area contributed by atoms with Crippen LogP contribution in [0.5, 0.6) is 0 Å². The molecule has 2 aromatic rings.